The van der Waals surface area contributed by atoms with Crippen molar-refractivity contribution < 1.29 is 9.53 Å². The second-order valence-electron chi connectivity index (χ2n) is 8.10. The van der Waals surface area contributed by atoms with Gasteiger partial charge in [-0.15, -0.1) is 0 Å². The summed E-state index contributed by atoms with van der Waals surface area (Å²) in [6, 6.07) is 10.6. The SMILES string of the molecule is CC(C)[C@@H]1CC[C@@H](C)CC1OC(=O)[C@H]1CN1[C@@H](C)c1ccccc1. The fourth-order valence-corrected chi connectivity index (χ4v) is 4.19. The number of carbonyl (C=O) groups excluding carboxylic acids is 1. The number of rotatable bonds is 5. The van der Waals surface area contributed by atoms with E-state index in [1.54, 1.807) is 0 Å². The van der Waals surface area contributed by atoms with Crippen LogP contribution in [-0.4, -0.2) is 29.6 Å². The number of ether oxygens (including phenoxy) is 1. The molecule has 1 aliphatic carbocycles. The summed E-state index contributed by atoms with van der Waals surface area (Å²) in [4.78, 5) is 14.9. The van der Waals surface area contributed by atoms with Crippen molar-refractivity contribution in [3.8, 4) is 0 Å². The van der Waals surface area contributed by atoms with Crippen molar-refractivity contribution in [1.29, 1.82) is 0 Å². The van der Waals surface area contributed by atoms with Crippen LogP contribution in [0.5, 0.6) is 0 Å². The van der Waals surface area contributed by atoms with Gasteiger partial charge >= 0.3 is 5.97 Å². The Labute approximate surface area is 146 Å². The minimum absolute atomic E-state index is 0.0115. The maximum absolute atomic E-state index is 12.6. The molecular formula is C21H31NO2. The minimum atomic E-state index is -0.0507. The van der Waals surface area contributed by atoms with Crippen molar-refractivity contribution in [3.05, 3.63) is 35.9 Å². The van der Waals surface area contributed by atoms with E-state index < -0.39 is 0 Å². The third-order valence-corrected chi connectivity index (χ3v) is 5.93. The maximum atomic E-state index is 12.6. The van der Waals surface area contributed by atoms with Gasteiger partial charge in [0.1, 0.15) is 12.1 Å². The predicted octanol–water partition coefficient (Wildman–Crippen LogP) is 4.44. The highest BCUT2D eigenvalue weighted by Crippen LogP contribution is 2.37. The van der Waals surface area contributed by atoms with Crippen LogP contribution >= 0.6 is 0 Å². The molecule has 2 fully saturated rings. The quantitative estimate of drug-likeness (QED) is 0.591. The first-order valence-electron chi connectivity index (χ1n) is 9.48. The van der Waals surface area contributed by atoms with E-state index in [1.165, 1.54) is 18.4 Å². The average molecular weight is 329 g/mol. The van der Waals surface area contributed by atoms with Gasteiger partial charge in [0.2, 0.25) is 0 Å². The van der Waals surface area contributed by atoms with Crippen LogP contribution in [0.3, 0.4) is 0 Å². The van der Waals surface area contributed by atoms with E-state index in [9.17, 15) is 4.79 Å². The van der Waals surface area contributed by atoms with E-state index in [0.29, 0.717) is 17.8 Å². The molecule has 1 aliphatic heterocycles. The molecule has 1 saturated carbocycles. The van der Waals surface area contributed by atoms with Gasteiger partial charge in [0.15, 0.2) is 0 Å². The van der Waals surface area contributed by atoms with Crippen molar-refractivity contribution in [2.24, 2.45) is 17.8 Å². The van der Waals surface area contributed by atoms with Crippen LogP contribution in [0.25, 0.3) is 0 Å². The number of nitrogens with zero attached hydrogens (tertiary/aromatic N) is 1. The summed E-state index contributed by atoms with van der Waals surface area (Å²) in [7, 11) is 0. The molecule has 1 heterocycles. The summed E-state index contributed by atoms with van der Waals surface area (Å²) in [5.41, 5.74) is 1.26. The van der Waals surface area contributed by atoms with Gasteiger partial charge in [-0.3, -0.25) is 9.69 Å². The van der Waals surface area contributed by atoms with Crippen molar-refractivity contribution in [1.82, 2.24) is 4.90 Å². The zero-order valence-corrected chi connectivity index (χ0v) is 15.4. The molecule has 0 spiro atoms. The zero-order valence-electron chi connectivity index (χ0n) is 15.4. The fraction of sp³-hybridized carbons (Fsp3) is 0.667. The lowest BCUT2D eigenvalue weighted by molar-refractivity contribution is -0.156. The minimum Gasteiger partial charge on any atom is -0.461 e. The lowest BCUT2D eigenvalue weighted by atomic mass is 9.75. The van der Waals surface area contributed by atoms with Crippen molar-refractivity contribution >= 4 is 5.97 Å². The Morgan fingerprint density at radius 1 is 1.17 bits per heavy atom. The number of hydrogen-bond acceptors (Lipinski definition) is 3. The van der Waals surface area contributed by atoms with E-state index >= 15 is 0 Å². The van der Waals surface area contributed by atoms with Crippen LogP contribution in [0.15, 0.2) is 30.3 Å². The van der Waals surface area contributed by atoms with Gasteiger partial charge < -0.3 is 4.74 Å². The van der Waals surface area contributed by atoms with E-state index in [1.807, 2.05) is 6.07 Å². The van der Waals surface area contributed by atoms with Crippen LogP contribution in [0, 0.1) is 17.8 Å². The molecule has 0 radical (unpaired) electrons. The Hall–Kier alpha value is -1.35. The molecule has 0 bridgehead atoms. The first-order valence-corrected chi connectivity index (χ1v) is 9.48. The Balaban J connectivity index is 1.57. The van der Waals surface area contributed by atoms with E-state index in [4.69, 9.17) is 4.74 Å². The molecule has 3 nitrogen and oxygen atoms in total. The third-order valence-electron chi connectivity index (χ3n) is 5.93. The maximum Gasteiger partial charge on any atom is 0.325 e. The topological polar surface area (TPSA) is 29.3 Å². The second-order valence-corrected chi connectivity index (χ2v) is 8.10. The Kier molecular flexibility index (Phi) is 5.29. The van der Waals surface area contributed by atoms with Gasteiger partial charge in [-0.2, -0.15) is 0 Å². The first-order chi connectivity index (χ1) is 11.5. The summed E-state index contributed by atoms with van der Waals surface area (Å²) < 4.78 is 6.00. The molecule has 0 amide bonds. The second kappa shape index (κ2) is 7.26. The molecule has 1 aromatic carbocycles. The van der Waals surface area contributed by atoms with Gasteiger partial charge in [0.05, 0.1) is 0 Å². The van der Waals surface area contributed by atoms with Crippen LogP contribution in [0.2, 0.25) is 0 Å². The lowest BCUT2D eigenvalue weighted by Crippen LogP contribution is -2.37. The normalized spacial score (nSPS) is 34.0. The van der Waals surface area contributed by atoms with Gasteiger partial charge in [-0.25, -0.2) is 0 Å². The van der Waals surface area contributed by atoms with Crippen LogP contribution < -0.4 is 0 Å². The molecule has 0 aromatic heterocycles. The number of esters is 1. The van der Waals surface area contributed by atoms with Crippen LogP contribution in [0.4, 0.5) is 0 Å². The Morgan fingerprint density at radius 3 is 2.54 bits per heavy atom. The molecule has 1 saturated heterocycles. The van der Waals surface area contributed by atoms with E-state index in [2.05, 4.69) is 56.9 Å². The molecule has 2 aliphatic rings. The first kappa shape index (κ1) is 17.5. The molecular weight excluding hydrogens is 298 g/mol. The molecule has 1 aromatic rings. The monoisotopic (exact) mass is 329 g/mol. The van der Waals surface area contributed by atoms with Crippen LogP contribution in [0.1, 0.15) is 58.6 Å². The van der Waals surface area contributed by atoms with Crippen molar-refractivity contribution in [2.75, 3.05) is 6.54 Å². The van der Waals surface area contributed by atoms with E-state index in [-0.39, 0.29) is 24.2 Å². The zero-order chi connectivity index (χ0) is 17.3. The predicted molar refractivity (Wildman–Crippen MR) is 96.6 cm³/mol. The Morgan fingerprint density at radius 2 is 1.88 bits per heavy atom. The number of benzene rings is 1. The van der Waals surface area contributed by atoms with Gasteiger partial charge in [0, 0.05) is 12.6 Å². The smallest absolute Gasteiger partial charge is 0.325 e. The number of hydrogen-bond donors (Lipinski definition) is 0. The van der Waals surface area contributed by atoms with Gasteiger partial charge in [-0.1, -0.05) is 57.5 Å². The van der Waals surface area contributed by atoms with Crippen LogP contribution in [-0.2, 0) is 9.53 Å². The standard InChI is InChI=1S/C21H31NO2/c1-14(2)18-11-10-15(3)12-20(18)24-21(23)19-13-22(19)16(4)17-8-6-5-7-9-17/h5-9,14-16,18-20H,10-13H2,1-4H3/t15-,16+,18+,19-,20?,22?/m1/s1. The average Bonchev–Trinajstić information content (AvgIpc) is 3.35. The highest BCUT2D eigenvalue weighted by Gasteiger charge is 2.46. The van der Waals surface area contributed by atoms with Crippen molar-refractivity contribution in [3.63, 3.8) is 0 Å². The summed E-state index contributed by atoms with van der Waals surface area (Å²) in [5.74, 6) is 1.75. The molecule has 3 heteroatoms. The summed E-state index contributed by atoms with van der Waals surface area (Å²) >= 11 is 0. The third kappa shape index (κ3) is 3.83. The lowest BCUT2D eigenvalue weighted by Gasteiger charge is -2.36. The molecule has 24 heavy (non-hydrogen) atoms. The molecule has 132 valence electrons. The molecule has 6 atom stereocenters. The van der Waals surface area contributed by atoms with Gasteiger partial charge in [-0.05, 0) is 43.1 Å². The highest BCUT2D eigenvalue weighted by molar-refractivity contribution is 5.79. The highest BCUT2D eigenvalue weighted by atomic mass is 16.5. The summed E-state index contributed by atoms with van der Waals surface area (Å²) in [6.07, 6.45) is 3.58. The largest absolute Gasteiger partial charge is 0.461 e. The van der Waals surface area contributed by atoms with E-state index in [0.717, 1.165) is 13.0 Å². The molecule has 2 unspecified atom stereocenters. The Bertz CT molecular complexity index is 556. The molecule has 3 rings (SSSR count). The summed E-state index contributed by atoms with van der Waals surface area (Å²) in [6.45, 7) is 9.77. The fourth-order valence-electron chi connectivity index (χ4n) is 4.19. The van der Waals surface area contributed by atoms with Gasteiger partial charge in [0.25, 0.3) is 0 Å². The summed E-state index contributed by atoms with van der Waals surface area (Å²) in [5, 5.41) is 0. The number of carbonyl (C=O) groups is 1. The molecule has 0 N–H and O–H groups in total. The van der Waals surface area contributed by atoms with Crippen molar-refractivity contribution in [2.45, 2.75) is 65.1 Å².